The van der Waals surface area contributed by atoms with Crippen molar-refractivity contribution < 1.29 is 4.74 Å². The zero-order valence-electron chi connectivity index (χ0n) is 7.31. The second-order valence-corrected chi connectivity index (χ2v) is 2.81. The standard InChI is InChI=1S/C8H18N2O/c1-2-9-3-4-10-5-7-11-8-6-10/h9H,2-8H2,1H3. The van der Waals surface area contributed by atoms with E-state index < -0.39 is 0 Å². The lowest BCUT2D eigenvalue weighted by Crippen LogP contribution is -2.40. The molecule has 0 spiro atoms. The summed E-state index contributed by atoms with van der Waals surface area (Å²) < 4.78 is 5.24. The van der Waals surface area contributed by atoms with Gasteiger partial charge < -0.3 is 10.1 Å². The summed E-state index contributed by atoms with van der Waals surface area (Å²) >= 11 is 0. The first-order chi connectivity index (χ1) is 5.43. The molecule has 66 valence electrons. The predicted octanol–water partition coefficient (Wildman–Crippen LogP) is -0.0719. The lowest BCUT2D eigenvalue weighted by molar-refractivity contribution is 0.0385. The largest absolute Gasteiger partial charge is 0.379 e. The maximum absolute atomic E-state index is 5.24. The van der Waals surface area contributed by atoms with Gasteiger partial charge in [-0.3, -0.25) is 4.90 Å². The molecule has 0 radical (unpaired) electrons. The van der Waals surface area contributed by atoms with Gasteiger partial charge in [-0.2, -0.15) is 0 Å². The van der Waals surface area contributed by atoms with Crippen molar-refractivity contribution in [2.24, 2.45) is 0 Å². The molecule has 1 saturated heterocycles. The van der Waals surface area contributed by atoms with E-state index >= 15 is 0 Å². The molecular formula is C8H18N2O. The highest BCUT2D eigenvalue weighted by Gasteiger charge is 2.08. The molecule has 3 heteroatoms. The molecule has 3 nitrogen and oxygen atoms in total. The maximum Gasteiger partial charge on any atom is 0.0594 e. The number of rotatable bonds is 4. The number of hydrogen-bond acceptors (Lipinski definition) is 3. The van der Waals surface area contributed by atoms with Gasteiger partial charge in [-0.1, -0.05) is 6.92 Å². The minimum absolute atomic E-state index is 0.909. The Balaban J connectivity index is 1.96. The van der Waals surface area contributed by atoms with Crippen LogP contribution in [0, 0.1) is 0 Å². The van der Waals surface area contributed by atoms with Crippen LogP contribution in [0.25, 0.3) is 0 Å². The normalized spacial score (nSPS) is 20.5. The Labute approximate surface area is 68.7 Å². The Morgan fingerprint density at radius 3 is 2.73 bits per heavy atom. The molecule has 11 heavy (non-hydrogen) atoms. The summed E-state index contributed by atoms with van der Waals surface area (Å²) in [6, 6.07) is 0. The van der Waals surface area contributed by atoms with Gasteiger partial charge >= 0.3 is 0 Å². The van der Waals surface area contributed by atoms with Crippen molar-refractivity contribution in [1.82, 2.24) is 10.2 Å². The summed E-state index contributed by atoms with van der Waals surface area (Å²) in [4.78, 5) is 2.44. The predicted molar refractivity (Wildman–Crippen MR) is 45.8 cm³/mol. The van der Waals surface area contributed by atoms with Gasteiger partial charge in [-0.05, 0) is 6.54 Å². The number of nitrogens with zero attached hydrogens (tertiary/aromatic N) is 1. The zero-order chi connectivity index (χ0) is 7.94. The number of hydrogen-bond donors (Lipinski definition) is 1. The maximum atomic E-state index is 5.24. The van der Waals surface area contributed by atoms with Crippen LogP contribution in [0.4, 0.5) is 0 Å². The van der Waals surface area contributed by atoms with Crippen molar-refractivity contribution in [2.45, 2.75) is 6.92 Å². The van der Waals surface area contributed by atoms with Crippen LogP contribution in [0.3, 0.4) is 0 Å². The van der Waals surface area contributed by atoms with Crippen LogP contribution in [0.5, 0.6) is 0 Å². The fraction of sp³-hybridized carbons (Fsp3) is 1.00. The van der Waals surface area contributed by atoms with E-state index in [0.29, 0.717) is 0 Å². The molecular weight excluding hydrogens is 140 g/mol. The summed E-state index contributed by atoms with van der Waals surface area (Å²) in [6.45, 7) is 9.51. The fourth-order valence-electron chi connectivity index (χ4n) is 1.24. The van der Waals surface area contributed by atoms with Gasteiger partial charge in [0, 0.05) is 26.2 Å². The average Bonchev–Trinajstić information content (AvgIpc) is 2.07. The topological polar surface area (TPSA) is 24.5 Å². The van der Waals surface area contributed by atoms with E-state index in [-0.39, 0.29) is 0 Å². The minimum Gasteiger partial charge on any atom is -0.379 e. The molecule has 0 bridgehead atoms. The van der Waals surface area contributed by atoms with Crippen LogP contribution >= 0.6 is 0 Å². The smallest absolute Gasteiger partial charge is 0.0594 e. The van der Waals surface area contributed by atoms with Crippen molar-refractivity contribution >= 4 is 0 Å². The van der Waals surface area contributed by atoms with Gasteiger partial charge in [-0.15, -0.1) is 0 Å². The van der Waals surface area contributed by atoms with Crippen LogP contribution in [-0.4, -0.2) is 50.8 Å². The third kappa shape index (κ3) is 3.70. The Hall–Kier alpha value is -0.120. The van der Waals surface area contributed by atoms with E-state index in [1.165, 1.54) is 0 Å². The second kappa shape index (κ2) is 5.52. The summed E-state index contributed by atoms with van der Waals surface area (Å²) in [5.41, 5.74) is 0. The van der Waals surface area contributed by atoms with Gasteiger partial charge in [-0.25, -0.2) is 0 Å². The average molecular weight is 158 g/mol. The molecule has 0 aliphatic carbocycles. The molecule has 1 fully saturated rings. The van der Waals surface area contributed by atoms with Crippen LogP contribution < -0.4 is 5.32 Å². The quantitative estimate of drug-likeness (QED) is 0.580. The lowest BCUT2D eigenvalue weighted by atomic mass is 10.4. The van der Waals surface area contributed by atoms with E-state index in [1.807, 2.05) is 0 Å². The molecule has 0 saturated carbocycles. The second-order valence-electron chi connectivity index (χ2n) is 2.81. The third-order valence-corrected chi connectivity index (χ3v) is 1.96. The van der Waals surface area contributed by atoms with E-state index in [0.717, 1.165) is 45.9 Å². The summed E-state index contributed by atoms with van der Waals surface area (Å²) in [6.07, 6.45) is 0. The molecule has 1 aliphatic heterocycles. The highest BCUT2D eigenvalue weighted by molar-refractivity contribution is 4.62. The molecule has 0 amide bonds. The van der Waals surface area contributed by atoms with Crippen LogP contribution in [-0.2, 0) is 4.74 Å². The SMILES string of the molecule is CCNCCN1CCOCC1. The van der Waals surface area contributed by atoms with E-state index in [9.17, 15) is 0 Å². The lowest BCUT2D eigenvalue weighted by Gasteiger charge is -2.26. The monoisotopic (exact) mass is 158 g/mol. The molecule has 0 atom stereocenters. The first-order valence-electron chi connectivity index (χ1n) is 4.44. The third-order valence-electron chi connectivity index (χ3n) is 1.96. The summed E-state index contributed by atoms with van der Waals surface area (Å²) in [5, 5.41) is 3.31. The van der Waals surface area contributed by atoms with Crippen molar-refractivity contribution in [3.8, 4) is 0 Å². The van der Waals surface area contributed by atoms with Crippen molar-refractivity contribution in [2.75, 3.05) is 45.9 Å². The van der Waals surface area contributed by atoms with E-state index in [2.05, 4.69) is 17.1 Å². The van der Waals surface area contributed by atoms with E-state index in [4.69, 9.17) is 4.74 Å². The van der Waals surface area contributed by atoms with Crippen molar-refractivity contribution in [3.05, 3.63) is 0 Å². The first kappa shape index (κ1) is 8.97. The highest BCUT2D eigenvalue weighted by atomic mass is 16.5. The fourth-order valence-corrected chi connectivity index (χ4v) is 1.24. The van der Waals surface area contributed by atoms with Crippen LogP contribution in [0.15, 0.2) is 0 Å². The highest BCUT2D eigenvalue weighted by Crippen LogP contribution is 1.94. The number of nitrogens with one attached hydrogen (secondary N) is 1. The Morgan fingerprint density at radius 2 is 2.09 bits per heavy atom. The number of likely N-dealkylation sites (N-methyl/N-ethyl adjacent to an activating group) is 1. The first-order valence-corrected chi connectivity index (χ1v) is 4.44. The molecule has 0 aromatic carbocycles. The molecule has 1 heterocycles. The number of ether oxygens (including phenoxy) is 1. The Bertz CT molecular complexity index is 92.1. The Morgan fingerprint density at radius 1 is 1.36 bits per heavy atom. The minimum atomic E-state index is 0.909. The van der Waals surface area contributed by atoms with Crippen molar-refractivity contribution in [3.63, 3.8) is 0 Å². The van der Waals surface area contributed by atoms with Gasteiger partial charge in [0.2, 0.25) is 0 Å². The van der Waals surface area contributed by atoms with Gasteiger partial charge in [0.25, 0.3) is 0 Å². The van der Waals surface area contributed by atoms with Crippen LogP contribution in [0.1, 0.15) is 6.92 Å². The van der Waals surface area contributed by atoms with Crippen molar-refractivity contribution in [1.29, 1.82) is 0 Å². The van der Waals surface area contributed by atoms with E-state index in [1.54, 1.807) is 0 Å². The zero-order valence-corrected chi connectivity index (χ0v) is 7.31. The molecule has 1 rings (SSSR count). The van der Waals surface area contributed by atoms with Crippen LogP contribution in [0.2, 0.25) is 0 Å². The molecule has 1 N–H and O–H groups in total. The molecule has 1 aliphatic rings. The molecule has 0 unspecified atom stereocenters. The number of morpholine rings is 1. The van der Waals surface area contributed by atoms with Gasteiger partial charge in [0.15, 0.2) is 0 Å². The summed E-state index contributed by atoms with van der Waals surface area (Å²) in [5.74, 6) is 0. The molecule has 0 aromatic heterocycles. The summed E-state index contributed by atoms with van der Waals surface area (Å²) in [7, 11) is 0. The molecule has 0 aromatic rings. The van der Waals surface area contributed by atoms with Gasteiger partial charge in [0.05, 0.1) is 13.2 Å². The Kier molecular flexibility index (Phi) is 4.50. The van der Waals surface area contributed by atoms with Gasteiger partial charge in [0.1, 0.15) is 0 Å².